The molecule has 3 rings (SSSR count). The number of carbonyl (C=O) groups excluding carboxylic acids is 1. The van der Waals surface area contributed by atoms with E-state index in [-0.39, 0.29) is 5.91 Å². The van der Waals surface area contributed by atoms with E-state index in [0.717, 1.165) is 31.3 Å². The summed E-state index contributed by atoms with van der Waals surface area (Å²) >= 11 is 6.20. The van der Waals surface area contributed by atoms with Crippen molar-refractivity contribution < 1.29 is 14.7 Å². The van der Waals surface area contributed by atoms with Crippen molar-refractivity contribution in [3.63, 3.8) is 0 Å². The molecule has 1 heterocycles. The molecule has 8 heteroatoms. The number of carbonyl (C=O) groups is 2. The van der Waals surface area contributed by atoms with Crippen LogP contribution in [0.2, 0.25) is 5.02 Å². The average Bonchev–Trinajstić information content (AvgIpc) is 2.69. The zero-order chi connectivity index (χ0) is 19.9. The first kappa shape index (κ1) is 19.4. The van der Waals surface area contributed by atoms with Crippen LogP contribution in [0.15, 0.2) is 53.5 Å². The molecule has 0 radical (unpaired) electrons. The van der Waals surface area contributed by atoms with Crippen LogP contribution in [0.4, 0.5) is 11.4 Å². The molecule has 2 aromatic rings. The van der Waals surface area contributed by atoms with Gasteiger partial charge >= 0.3 is 5.97 Å². The maximum atomic E-state index is 12.6. The average molecular weight is 399 g/mol. The van der Waals surface area contributed by atoms with Crippen LogP contribution in [-0.2, 0) is 4.79 Å². The van der Waals surface area contributed by atoms with E-state index in [4.69, 9.17) is 16.7 Å². The lowest BCUT2D eigenvalue weighted by Gasteiger charge is -2.16. The molecule has 1 amide bonds. The van der Waals surface area contributed by atoms with Gasteiger partial charge in [-0.3, -0.25) is 9.79 Å². The molecule has 0 aromatic heterocycles. The molecule has 0 aliphatic carbocycles. The Morgan fingerprint density at radius 2 is 2.07 bits per heavy atom. The van der Waals surface area contributed by atoms with E-state index in [2.05, 4.69) is 20.9 Å². The van der Waals surface area contributed by atoms with Gasteiger partial charge in [0.05, 0.1) is 10.7 Å². The summed E-state index contributed by atoms with van der Waals surface area (Å²) in [7, 11) is 0. The highest BCUT2D eigenvalue weighted by molar-refractivity contribution is 6.34. The summed E-state index contributed by atoms with van der Waals surface area (Å²) in [6.07, 6.45) is 3.45. The van der Waals surface area contributed by atoms with Crippen LogP contribution in [0.3, 0.4) is 0 Å². The maximum absolute atomic E-state index is 12.6. The lowest BCUT2D eigenvalue weighted by atomic mass is 10.1. The molecule has 7 nitrogen and oxygen atoms in total. The number of hydrogen-bond acceptors (Lipinski definition) is 5. The fourth-order valence-electron chi connectivity index (χ4n) is 2.59. The van der Waals surface area contributed by atoms with Crippen LogP contribution >= 0.6 is 11.6 Å². The van der Waals surface area contributed by atoms with Gasteiger partial charge in [-0.1, -0.05) is 23.7 Å². The Labute approximate surface area is 167 Å². The van der Waals surface area contributed by atoms with Gasteiger partial charge < -0.3 is 21.1 Å². The van der Waals surface area contributed by atoms with Gasteiger partial charge in [0, 0.05) is 30.4 Å². The summed E-state index contributed by atoms with van der Waals surface area (Å²) in [6, 6.07) is 12.0. The third-order valence-electron chi connectivity index (χ3n) is 3.94. The molecule has 1 aliphatic rings. The third-order valence-corrected chi connectivity index (χ3v) is 4.26. The minimum Gasteiger partial charge on any atom is -0.478 e. The number of benzene rings is 2. The minimum atomic E-state index is -1.05. The van der Waals surface area contributed by atoms with Crippen LogP contribution in [0.25, 0.3) is 6.08 Å². The summed E-state index contributed by atoms with van der Waals surface area (Å²) in [4.78, 5) is 27.5. The molecule has 0 fully saturated rings. The normalized spacial score (nSPS) is 13.5. The minimum absolute atomic E-state index is 0.307. The van der Waals surface area contributed by atoms with Crippen molar-refractivity contribution in [1.29, 1.82) is 0 Å². The Balaban J connectivity index is 1.70. The second-order valence-electron chi connectivity index (χ2n) is 6.08. The molecular weight excluding hydrogens is 380 g/mol. The molecule has 28 heavy (non-hydrogen) atoms. The lowest BCUT2D eigenvalue weighted by molar-refractivity contribution is -0.131. The number of halogens is 1. The smallest absolute Gasteiger partial charge is 0.328 e. The predicted octanol–water partition coefficient (Wildman–Crippen LogP) is 3.45. The van der Waals surface area contributed by atoms with Gasteiger partial charge in [0.1, 0.15) is 0 Å². The highest BCUT2D eigenvalue weighted by Crippen LogP contribution is 2.24. The molecule has 0 saturated heterocycles. The van der Waals surface area contributed by atoms with E-state index in [1.54, 1.807) is 36.4 Å². The molecule has 0 saturated carbocycles. The predicted molar refractivity (Wildman–Crippen MR) is 111 cm³/mol. The molecule has 2 aromatic carbocycles. The molecule has 1 aliphatic heterocycles. The number of carboxylic acids is 1. The van der Waals surface area contributed by atoms with E-state index in [1.165, 1.54) is 6.08 Å². The van der Waals surface area contributed by atoms with Gasteiger partial charge in [-0.15, -0.1) is 0 Å². The molecule has 0 atom stereocenters. The molecule has 144 valence electrons. The Hall–Kier alpha value is -3.32. The van der Waals surface area contributed by atoms with E-state index in [0.29, 0.717) is 27.8 Å². The standard InChI is InChI=1S/C20H19ClN4O3/c21-16-11-13(6-8-18(26)27)5-7-17(16)25-19(28)14-3-1-4-15(12-14)24-20-22-9-2-10-23-20/h1,3-8,11-12H,2,9-10H2,(H,25,28)(H,26,27)(H2,22,23,24). The van der Waals surface area contributed by atoms with Crippen molar-refractivity contribution in [1.82, 2.24) is 5.32 Å². The largest absolute Gasteiger partial charge is 0.478 e. The number of anilines is 2. The van der Waals surface area contributed by atoms with Gasteiger partial charge in [-0.2, -0.15) is 0 Å². The van der Waals surface area contributed by atoms with Crippen molar-refractivity contribution in [2.45, 2.75) is 6.42 Å². The van der Waals surface area contributed by atoms with E-state index in [9.17, 15) is 9.59 Å². The number of amides is 1. The second-order valence-corrected chi connectivity index (χ2v) is 6.49. The van der Waals surface area contributed by atoms with Gasteiger partial charge in [-0.05, 0) is 48.4 Å². The van der Waals surface area contributed by atoms with Crippen molar-refractivity contribution in [2.24, 2.45) is 4.99 Å². The maximum Gasteiger partial charge on any atom is 0.328 e. The van der Waals surface area contributed by atoms with Crippen molar-refractivity contribution in [3.8, 4) is 0 Å². The topological polar surface area (TPSA) is 103 Å². The van der Waals surface area contributed by atoms with E-state index < -0.39 is 5.97 Å². The Morgan fingerprint density at radius 3 is 2.79 bits per heavy atom. The fraction of sp³-hybridized carbons (Fsp3) is 0.150. The highest BCUT2D eigenvalue weighted by Gasteiger charge is 2.11. The molecule has 0 unspecified atom stereocenters. The van der Waals surface area contributed by atoms with E-state index >= 15 is 0 Å². The third kappa shape index (κ3) is 5.34. The SMILES string of the molecule is O=C(O)C=Cc1ccc(NC(=O)c2cccc(NC3=NCCCN3)c2)c(Cl)c1. The summed E-state index contributed by atoms with van der Waals surface area (Å²) < 4.78 is 0. The van der Waals surface area contributed by atoms with Crippen LogP contribution in [-0.4, -0.2) is 36.0 Å². The summed E-state index contributed by atoms with van der Waals surface area (Å²) in [5.74, 6) is -0.661. The Kier molecular flexibility index (Phi) is 6.29. The number of hydrogen-bond donors (Lipinski definition) is 4. The first-order valence-electron chi connectivity index (χ1n) is 8.68. The number of aliphatic carboxylic acids is 1. The number of nitrogens with zero attached hydrogens (tertiary/aromatic N) is 1. The summed E-state index contributed by atoms with van der Waals surface area (Å²) in [5, 5.41) is 18.1. The van der Waals surface area contributed by atoms with Crippen LogP contribution in [0.1, 0.15) is 22.3 Å². The van der Waals surface area contributed by atoms with Gasteiger partial charge in [-0.25, -0.2) is 4.79 Å². The Bertz CT molecular complexity index is 956. The molecular formula is C20H19ClN4O3. The number of carboxylic acid groups (broad SMARTS) is 1. The van der Waals surface area contributed by atoms with Crippen molar-refractivity contribution in [2.75, 3.05) is 23.7 Å². The van der Waals surface area contributed by atoms with Crippen LogP contribution in [0, 0.1) is 0 Å². The zero-order valence-electron chi connectivity index (χ0n) is 14.9. The molecule has 4 N–H and O–H groups in total. The van der Waals surface area contributed by atoms with Gasteiger partial charge in [0.2, 0.25) is 0 Å². The van der Waals surface area contributed by atoms with Crippen LogP contribution < -0.4 is 16.0 Å². The fourth-order valence-corrected chi connectivity index (χ4v) is 2.83. The molecule has 0 spiro atoms. The number of guanidine groups is 1. The first-order chi connectivity index (χ1) is 13.5. The van der Waals surface area contributed by atoms with Gasteiger partial charge in [0.25, 0.3) is 5.91 Å². The zero-order valence-corrected chi connectivity index (χ0v) is 15.7. The number of aliphatic imine (C=N–C) groups is 1. The first-order valence-corrected chi connectivity index (χ1v) is 9.06. The molecule has 0 bridgehead atoms. The second kappa shape index (κ2) is 9.05. The van der Waals surface area contributed by atoms with Crippen molar-refractivity contribution >= 4 is 46.9 Å². The van der Waals surface area contributed by atoms with Crippen molar-refractivity contribution in [3.05, 3.63) is 64.7 Å². The number of nitrogens with one attached hydrogen (secondary N) is 3. The van der Waals surface area contributed by atoms with E-state index in [1.807, 2.05) is 6.07 Å². The Morgan fingerprint density at radius 1 is 1.21 bits per heavy atom. The number of rotatable bonds is 5. The lowest BCUT2D eigenvalue weighted by Crippen LogP contribution is -2.35. The quantitative estimate of drug-likeness (QED) is 0.578. The van der Waals surface area contributed by atoms with Crippen LogP contribution in [0.5, 0.6) is 0 Å². The van der Waals surface area contributed by atoms with Gasteiger partial charge in [0.15, 0.2) is 5.96 Å². The highest BCUT2D eigenvalue weighted by atomic mass is 35.5. The summed E-state index contributed by atoms with van der Waals surface area (Å²) in [5.41, 5.74) is 2.28. The summed E-state index contributed by atoms with van der Waals surface area (Å²) in [6.45, 7) is 1.63. The monoisotopic (exact) mass is 398 g/mol.